The number of rotatable bonds is 6. The van der Waals surface area contributed by atoms with E-state index in [0.29, 0.717) is 0 Å². The first-order chi connectivity index (χ1) is 10.0. The van der Waals surface area contributed by atoms with Crippen molar-refractivity contribution in [1.82, 2.24) is 19.7 Å². The minimum Gasteiger partial charge on any atom is -0.370 e. The van der Waals surface area contributed by atoms with E-state index in [1.54, 1.807) is 11.8 Å². The van der Waals surface area contributed by atoms with Gasteiger partial charge < -0.3 is 5.32 Å². The highest BCUT2D eigenvalue weighted by Crippen LogP contribution is 2.31. The van der Waals surface area contributed by atoms with Crippen molar-refractivity contribution in [1.29, 1.82) is 0 Å². The number of nitrogens with zero attached hydrogens (tertiary/aromatic N) is 4. The molecule has 0 amide bonds. The average molecular weight is 305 g/mol. The molecule has 0 saturated heterocycles. The summed E-state index contributed by atoms with van der Waals surface area (Å²) in [5.74, 6) is 1.82. The molecule has 0 spiro atoms. The van der Waals surface area contributed by atoms with E-state index < -0.39 is 0 Å². The SMILES string of the molecule is CCCNc1nc(CC)nc(Sc2cc(C)nn2C)c1C. The maximum Gasteiger partial charge on any atom is 0.133 e. The quantitative estimate of drug-likeness (QED) is 0.829. The Morgan fingerprint density at radius 2 is 2.00 bits per heavy atom. The summed E-state index contributed by atoms with van der Waals surface area (Å²) in [6, 6.07) is 2.08. The van der Waals surface area contributed by atoms with Crippen LogP contribution in [0.1, 0.15) is 37.4 Å². The van der Waals surface area contributed by atoms with Crippen LogP contribution < -0.4 is 5.32 Å². The molecule has 0 unspecified atom stereocenters. The Kier molecular flexibility index (Phi) is 5.22. The van der Waals surface area contributed by atoms with Crippen LogP contribution in [-0.2, 0) is 13.5 Å². The third-order valence-electron chi connectivity index (χ3n) is 3.17. The molecule has 2 heterocycles. The summed E-state index contributed by atoms with van der Waals surface area (Å²) in [6.45, 7) is 9.23. The summed E-state index contributed by atoms with van der Waals surface area (Å²) in [4.78, 5) is 9.28. The summed E-state index contributed by atoms with van der Waals surface area (Å²) >= 11 is 1.65. The van der Waals surface area contributed by atoms with Gasteiger partial charge in [-0.3, -0.25) is 4.68 Å². The lowest BCUT2D eigenvalue weighted by atomic mass is 10.3. The fraction of sp³-hybridized carbons (Fsp3) is 0.533. The van der Waals surface area contributed by atoms with E-state index in [0.717, 1.165) is 52.3 Å². The second-order valence-corrected chi connectivity index (χ2v) is 6.06. The molecule has 0 bridgehead atoms. The highest BCUT2D eigenvalue weighted by Gasteiger charge is 2.13. The molecule has 0 aliphatic carbocycles. The first-order valence-corrected chi connectivity index (χ1v) is 8.16. The van der Waals surface area contributed by atoms with Crippen molar-refractivity contribution in [2.24, 2.45) is 7.05 Å². The van der Waals surface area contributed by atoms with Gasteiger partial charge in [0.05, 0.1) is 5.69 Å². The Bertz CT molecular complexity index is 621. The van der Waals surface area contributed by atoms with Crippen molar-refractivity contribution < 1.29 is 0 Å². The molecule has 5 nitrogen and oxygen atoms in total. The minimum atomic E-state index is 0.832. The molecule has 2 rings (SSSR count). The molecule has 0 atom stereocenters. The molecule has 1 N–H and O–H groups in total. The molecule has 2 aromatic rings. The number of hydrogen-bond donors (Lipinski definition) is 1. The molecule has 0 aliphatic rings. The topological polar surface area (TPSA) is 55.6 Å². The predicted molar refractivity (Wildman–Crippen MR) is 87.0 cm³/mol. The third kappa shape index (κ3) is 3.75. The largest absolute Gasteiger partial charge is 0.370 e. The van der Waals surface area contributed by atoms with Gasteiger partial charge in [0.2, 0.25) is 0 Å². The second kappa shape index (κ2) is 6.93. The van der Waals surface area contributed by atoms with Gasteiger partial charge in [-0.2, -0.15) is 5.10 Å². The third-order valence-corrected chi connectivity index (χ3v) is 4.35. The predicted octanol–water partition coefficient (Wildman–Crippen LogP) is 3.36. The monoisotopic (exact) mass is 305 g/mol. The molecule has 6 heteroatoms. The molecule has 114 valence electrons. The average Bonchev–Trinajstić information content (AvgIpc) is 2.77. The fourth-order valence-corrected chi connectivity index (χ4v) is 3.00. The van der Waals surface area contributed by atoms with Gasteiger partial charge >= 0.3 is 0 Å². The lowest BCUT2D eigenvalue weighted by Crippen LogP contribution is -2.08. The van der Waals surface area contributed by atoms with Gasteiger partial charge in [-0.05, 0) is 38.1 Å². The normalized spacial score (nSPS) is 10.9. The van der Waals surface area contributed by atoms with Crippen LogP contribution in [0.15, 0.2) is 16.1 Å². The van der Waals surface area contributed by atoms with Crippen LogP contribution in [0.3, 0.4) is 0 Å². The highest BCUT2D eigenvalue weighted by atomic mass is 32.2. The van der Waals surface area contributed by atoms with Crippen LogP contribution in [0.25, 0.3) is 0 Å². The Morgan fingerprint density at radius 3 is 2.57 bits per heavy atom. The lowest BCUT2D eigenvalue weighted by Gasteiger charge is -2.13. The fourth-order valence-electron chi connectivity index (χ4n) is 1.99. The van der Waals surface area contributed by atoms with Gasteiger partial charge in [0.1, 0.15) is 21.7 Å². The van der Waals surface area contributed by atoms with E-state index in [9.17, 15) is 0 Å². The van der Waals surface area contributed by atoms with Crippen LogP contribution in [0.5, 0.6) is 0 Å². The van der Waals surface area contributed by atoms with Crippen LogP contribution in [0.4, 0.5) is 5.82 Å². The van der Waals surface area contributed by atoms with Crippen molar-refractivity contribution in [3.63, 3.8) is 0 Å². The Hall–Kier alpha value is -1.56. The molecule has 0 aromatic carbocycles. The Morgan fingerprint density at radius 1 is 1.24 bits per heavy atom. The maximum atomic E-state index is 4.68. The van der Waals surface area contributed by atoms with Crippen molar-refractivity contribution in [3.05, 3.63) is 23.1 Å². The number of aromatic nitrogens is 4. The first-order valence-electron chi connectivity index (χ1n) is 7.35. The Labute approximate surface area is 130 Å². The van der Waals surface area contributed by atoms with Crippen LogP contribution in [0.2, 0.25) is 0 Å². The van der Waals surface area contributed by atoms with E-state index in [1.807, 2.05) is 18.7 Å². The number of hydrogen-bond acceptors (Lipinski definition) is 5. The smallest absolute Gasteiger partial charge is 0.133 e. The van der Waals surface area contributed by atoms with Gasteiger partial charge in [-0.25, -0.2) is 9.97 Å². The van der Waals surface area contributed by atoms with Crippen molar-refractivity contribution in [2.75, 3.05) is 11.9 Å². The van der Waals surface area contributed by atoms with Gasteiger partial charge in [0.15, 0.2) is 0 Å². The number of aryl methyl sites for hydroxylation is 3. The highest BCUT2D eigenvalue weighted by molar-refractivity contribution is 7.99. The van der Waals surface area contributed by atoms with E-state index in [-0.39, 0.29) is 0 Å². The van der Waals surface area contributed by atoms with E-state index in [1.165, 1.54) is 0 Å². The van der Waals surface area contributed by atoms with E-state index in [2.05, 4.69) is 47.2 Å². The molecule has 2 aromatic heterocycles. The summed E-state index contributed by atoms with van der Waals surface area (Å²) < 4.78 is 1.90. The molecular formula is C15H23N5S. The standard InChI is InChI=1S/C15H23N5S/c1-6-8-16-14-11(4)15(18-12(7-2)17-14)21-13-9-10(3)19-20(13)5/h9H,6-8H2,1-5H3,(H,16,17,18). The van der Waals surface area contributed by atoms with Gasteiger partial charge in [0, 0.05) is 25.6 Å². The zero-order valence-corrected chi connectivity index (χ0v) is 14.2. The molecule has 0 fully saturated rings. The Balaban J connectivity index is 2.35. The zero-order valence-electron chi connectivity index (χ0n) is 13.4. The molecule has 0 aliphatic heterocycles. The van der Waals surface area contributed by atoms with Gasteiger partial charge in [-0.15, -0.1) is 0 Å². The minimum absolute atomic E-state index is 0.832. The summed E-state index contributed by atoms with van der Waals surface area (Å²) in [5, 5.41) is 9.88. The number of nitrogens with one attached hydrogen (secondary N) is 1. The molecule has 21 heavy (non-hydrogen) atoms. The zero-order chi connectivity index (χ0) is 15.4. The number of anilines is 1. The van der Waals surface area contributed by atoms with Gasteiger partial charge in [0.25, 0.3) is 0 Å². The summed E-state index contributed by atoms with van der Waals surface area (Å²) in [7, 11) is 1.96. The molecular weight excluding hydrogens is 282 g/mol. The van der Waals surface area contributed by atoms with E-state index >= 15 is 0 Å². The van der Waals surface area contributed by atoms with Crippen molar-refractivity contribution in [3.8, 4) is 0 Å². The second-order valence-electron chi connectivity index (χ2n) is 5.05. The summed E-state index contributed by atoms with van der Waals surface area (Å²) in [6.07, 6.45) is 1.91. The lowest BCUT2D eigenvalue weighted by molar-refractivity contribution is 0.691. The van der Waals surface area contributed by atoms with Crippen molar-refractivity contribution >= 4 is 17.6 Å². The maximum absolute atomic E-state index is 4.68. The molecule has 0 radical (unpaired) electrons. The summed E-state index contributed by atoms with van der Waals surface area (Å²) in [5.41, 5.74) is 2.12. The van der Waals surface area contributed by atoms with Crippen LogP contribution >= 0.6 is 11.8 Å². The first kappa shape index (κ1) is 15.8. The van der Waals surface area contributed by atoms with E-state index in [4.69, 9.17) is 0 Å². The van der Waals surface area contributed by atoms with Crippen LogP contribution in [-0.4, -0.2) is 26.3 Å². The van der Waals surface area contributed by atoms with Crippen LogP contribution in [0, 0.1) is 13.8 Å². The molecule has 0 saturated carbocycles. The van der Waals surface area contributed by atoms with Crippen molar-refractivity contribution in [2.45, 2.75) is 50.6 Å². The van der Waals surface area contributed by atoms with Gasteiger partial charge in [-0.1, -0.05) is 13.8 Å².